The minimum atomic E-state index is 0.932. The predicted octanol–water partition coefficient (Wildman–Crippen LogP) is 14.1. The molecule has 6 fully saturated rings. The molecule has 46 heavy (non-hydrogen) atoms. The molecule has 0 radical (unpaired) electrons. The van der Waals surface area contributed by atoms with Gasteiger partial charge in [0.05, 0.1) is 0 Å². The zero-order valence-corrected chi connectivity index (χ0v) is 32.8. The molecule has 10 atom stereocenters. The first-order valence-electron chi connectivity index (χ1n) is 21.6. The number of hydrogen-bond donors (Lipinski definition) is 0. The Balaban J connectivity index is 1.02. The van der Waals surface area contributed by atoms with Crippen LogP contribution >= 0.6 is 23.5 Å². The van der Waals surface area contributed by atoms with Crippen LogP contribution in [0.15, 0.2) is 0 Å². The first kappa shape index (κ1) is 36.5. The fourth-order valence-corrected chi connectivity index (χ4v) is 14.5. The lowest BCUT2D eigenvalue weighted by atomic mass is 9.57. The van der Waals surface area contributed by atoms with Gasteiger partial charge in [0.15, 0.2) is 0 Å². The summed E-state index contributed by atoms with van der Waals surface area (Å²) >= 11 is 4.41. The van der Waals surface area contributed by atoms with E-state index in [1.165, 1.54) is 69.3 Å². The molecule has 5 saturated carbocycles. The van der Waals surface area contributed by atoms with E-state index in [4.69, 9.17) is 0 Å². The van der Waals surface area contributed by atoms with Crippen molar-refractivity contribution in [2.24, 2.45) is 71.0 Å². The Hall–Kier alpha value is 0.700. The van der Waals surface area contributed by atoms with Crippen molar-refractivity contribution in [2.75, 3.05) is 17.8 Å². The average Bonchev–Trinajstić information content (AvgIpc) is 2.99. The van der Waals surface area contributed by atoms with Gasteiger partial charge in [0.1, 0.15) is 0 Å². The summed E-state index contributed by atoms with van der Waals surface area (Å²) < 4.78 is 0. The van der Waals surface area contributed by atoms with Crippen LogP contribution in [0.3, 0.4) is 0 Å². The predicted molar refractivity (Wildman–Crippen MR) is 208 cm³/mol. The van der Waals surface area contributed by atoms with Gasteiger partial charge in [0.2, 0.25) is 0 Å². The molecule has 266 valence electrons. The molecule has 0 aromatic carbocycles. The molecule has 1 aliphatic heterocycles. The summed E-state index contributed by atoms with van der Waals surface area (Å²) in [5, 5.41) is 0.932. The number of rotatable bonds is 12. The van der Waals surface area contributed by atoms with Crippen LogP contribution < -0.4 is 0 Å². The van der Waals surface area contributed by atoms with Crippen LogP contribution in [0.5, 0.6) is 0 Å². The zero-order valence-electron chi connectivity index (χ0n) is 31.1. The highest BCUT2D eigenvalue weighted by Crippen LogP contribution is 2.53. The molecule has 0 amide bonds. The Bertz CT molecular complexity index is 841. The molecule has 0 aromatic heterocycles. The Morgan fingerprint density at radius 1 is 0.500 bits per heavy atom. The Labute approximate surface area is 297 Å². The van der Waals surface area contributed by atoms with Gasteiger partial charge < -0.3 is 0 Å². The van der Waals surface area contributed by atoms with Crippen molar-refractivity contribution < 1.29 is 0 Å². The summed E-state index contributed by atoms with van der Waals surface area (Å²) in [5.74, 6) is 15.8. The van der Waals surface area contributed by atoms with Gasteiger partial charge in [-0.1, -0.05) is 117 Å². The van der Waals surface area contributed by atoms with Gasteiger partial charge >= 0.3 is 0 Å². The van der Waals surface area contributed by atoms with E-state index in [1.807, 2.05) is 0 Å². The largest absolute Gasteiger partial charge is 0.162 e. The Morgan fingerprint density at radius 3 is 1.93 bits per heavy atom. The molecule has 6 rings (SSSR count). The van der Waals surface area contributed by atoms with Gasteiger partial charge in [-0.3, -0.25) is 0 Å². The molecule has 0 spiro atoms. The monoisotopic (exact) mass is 671 g/mol. The van der Waals surface area contributed by atoms with E-state index < -0.39 is 0 Å². The van der Waals surface area contributed by atoms with E-state index in [9.17, 15) is 0 Å². The lowest BCUT2D eigenvalue weighted by Gasteiger charge is -2.49. The number of thioether (sulfide) groups is 2. The molecular formula is C44H78S2. The van der Waals surface area contributed by atoms with E-state index in [0.29, 0.717) is 0 Å². The van der Waals surface area contributed by atoms with Gasteiger partial charge in [0, 0.05) is 5.25 Å². The highest BCUT2D eigenvalue weighted by atomic mass is 32.2. The second-order valence-corrected chi connectivity index (χ2v) is 21.2. The quantitative estimate of drug-likeness (QED) is 0.203. The van der Waals surface area contributed by atoms with E-state index in [0.717, 1.165) is 76.3 Å². The van der Waals surface area contributed by atoms with E-state index in [2.05, 4.69) is 43.6 Å². The van der Waals surface area contributed by atoms with Crippen LogP contribution in [0.25, 0.3) is 0 Å². The second kappa shape index (κ2) is 18.8. The third-order valence-electron chi connectivity index (χ3n) is 15.7. The molecule has 6 aliphatic rings. The van der Waals surface area contributed by atoms with Crippen LogP contribution in [0.1, 0.15) is 181 Å². The van der Waals surface area contributed by atoms with E-state index in [1.54, 1.807) is 109 Å². The van der Waals surface area contributed by atoms with Gasteiger partial charge in [-0.05, 0) is 153 Å². The van der Waals surface area contributed by atoms with Crippen molar-refractivity contribution in [3.8, 4) is 0 Å². The van der Waals surface area contributed by atoms with Crippen molar-refractivity contribution in [1.29, 1.82) is 0 Å². The lowest BCUT2D eigenvalue weighted by Crippen LogP contribution is -2.39. The summed E-state index contributed by atoms with van der Waals surface area (Å²) in [4.78, 5) is 0. The van der Waals surface area contributed by atoms with Gasteiger partial charge in [-0.25, -0.2) is 0 Å². The number of hydrogen-bond acceptors (Lipinski definition) is 2. The summed E-state index contributed by atoms with van der Waals surface area (Å²) in [6.07, 6.45) is 42.9. The fraction of sp³-hybridized carbons (Fsp3) is 1.00. The zero-order chi connectivity index (χ0) is 31.7. The second-order valence-electron chi connectivity index (χ2n) is 19.0. The molecule has 5 aliphatic carbocycles. The minimum absolute atomic E-state index is 0.932. The maximum absolute atomic E-state index is 2.52. The third-order valence-corrected chi connectivity index (χ3v) is 18.1. The van der Waals surface area contributed by atoms with E-state index >= 15 is 0 Å². The molecule has 1 heterocycles. The summed E-state index contributed by atoms with van der Waals surface area (Å²) in [7, 11) is 0. The maximum Gasteiger partial charge on any atom is 0.00494 e. The third kappa shape index (κ3) is 10.6. The summed E-state index contributed by atoms with van der Waals surface area (Å²) in [6, 6.07) is 0. The maximum atomic E-state index is 2.52. The average molecular weight is 671 g/mol. The molecule has 0 aromatic rings. The normalized spacial score (nSPS) is 43.4. The lowest BCUT2D eigenvalue weighted by molar-refractivity contribution is 0.0184. The van der Waals surface area contributed by atoms with Gasteiger partial charge in [0.25, 0.3) is 0 Å². The van der Waals surface area contributed by atoms with Crippen LogP contribution in [-0.4, -0.2) is 23.0 Å². The molecule has 2 heteroatoms. The van der Waals surface area contributed by atoms with Crippen LogP contribution in [0.4, 0.5) is 0 Å². The molecule has 10 unspecified atom stereocenters. The van der Waals surface area contributed by atoms with Crippen LogP contribution in [0, 0.1) is 71.0 Å². The SMILES string of the molecule is CSC1CC(C)CCCC(CCCC2CC(C3CCC3CC3CCCC(C4CSC4)C3)CCC2CCC2CCCC(C)CCC2)C1. The Kier molecular flexibility index (Phi) is 14.9. The Morgan fingerprint density at radius 2 is 1.22 bits per heavy atom. The fourth-order valence-electron chi connectivity index (χ4n) is 12.5. The first-order chi connectivity index (χ1) is 22.5. The van der Waals surface area contributed by atoms with E-state index in [-0.39, 0.29) is 0 Å². The standard InChI is InChI=1S/C44H78S2/c1-32-9-4-12-34(13-5-10-32)19-20-37-21-22-41(29-39(37)18-7-15-35-14-6-11-33(2)25-43(28-35)45-3)44-24-23-40(44)27-36-16-8-17-38(26-36)42-30-46-31-42/h32-44H,4-31H2,1-3H3. The summed E-state index contributed by atoms with van der Waals surface area (Å²) in [5.41, 5.74) is 0. The van der Waals surface area contributed by atoms with Crippen molar-refractivity contribution in [1.82, 2.24) is 0 Å². The van der Waals surface area contributed by atoms with Crippen molar-refractivity contribution in [2.45, 2.75) is 186 Å². The molecule has 0 nitrogen and oxygen atoms in total. The highest BCUT2D eigenvalue weighted by Gasteiger charge is 2.43. The molecule has 1 saturated heterocycles. The van der Waals surface area contributed by atoms with Crippen molar-refractivity contribution in [3.05, 3.63) is 0 Å². The van der Waals surface area contributed by atoms with Crippen molar-refractivity contribution >= 4 is 23.5 Å². The molecular weight excluding hydrogens is 593 g/mol. The smallest absolute Gasteiger partial charge is 0.00494 e. The van der Waals surface area contributed by atoms with Crippen LogP contribution in [0.2, 0.25) is 0 Å². The molecule has 0 N–H and O–H groups in total. The van der Waals surface area contributed by atoms with Gasteiger partial charge in [-0.2, -0.15) is 23.5 Å². The topological polar surface area (TPSA) is 0 Å². The molecule has 0 bridgehead atoms. The first-order valence-corrected chi connectivity index (χ1v) is 24.1. The summed E-state index contributed by atoms with van der Waals surface area (Å²) in [6.45, 7) is 5.03. The van der Waals surface area contributed by atoms with Gasteiger partial charge in [-0.15, -0.1) is 0 Å². The van der Waals surface area contributed by atoms with Crippen LogP contribution in [-0.2, 0) is 0 Å². The highest BCUT2D eigenvalue weighted by molar-refractivity contribution is 8.00. The minimum Gasteiger partial charge on any atom is -0.162 e. The van der Waals surface area contributed by atoms with Crippen molar-refractivity contribution in [3.63, 3.8) is 0 Å².